The van der Waals surface area contributed by atoms with Crippen LogP contribution in [-0.4, -0.2) is 33.9 Å². The van der Waals surface area contributed by atoms with Gasteiger partial charge in [0.25, 0.3) is 0 Å². The first-order chi connectivity index (χ1) is 9.68. The van der Waals surface area contributed by atoms with Gasteiger partial charge in [-0.2, -0.15) is 0 Å². The van der Waals surface area contributed by atoms with Crippen LogP contribution in [0, 0.1) is 0 Å². The lowest BCUT2D eigenvalue weighted by atomic mass is 9.85. The van der Waals surface area contributed by atoms with Gasteiger partial charge in [0.15, 0.2) is 0 Å². The fourth-order valence-electron chi connectivity index (χ4n) is 2.43. The van der Waals surface area contributed by atoms with Crippen molar-refractivity contribution in [3.05, 3.63) is 30.1 Å². The number of aliphatic hydroxyl groups is 1. The highest BCUT2D eigenvalue weighted by molar-refractivity contribution is 7.99. The van der Waals surface area contributed by atoms with Crippen molar-refractivity contribution < 1.29 is 9.90 Å². The van der Waals surface area contributed by atoms with Crippen molar-refractivity contribution in [2.24, 2.45) is 0 Å². The average molecular weight is 294 g/mol. The van der Waals surface area contributed by atoms with Crippen molar-refractivity contribution in [3.63, 3.8) is 0 Å². The van der Waals surface area contributed by atoms with Gasteiger partial charge >= 0.3 is 0 Å². The standard InChI is InChI=1S/C15H22N2O2S/c18-14(11-20-10-13-6-2-5-9-16-13)17-12-15(19)7-3-1-4-8-15/h2,5-6,9,19H,1,3-4,7-8,10-12H2,(H,17,18). The number of thioether (sulfide) groups is 1. The van der Waals surface area contributed by atoms with Crippen LogP contribution in [0.2, 0.25) is 0 Å². The molecule has 0 spiro atoms. The van der Waals surface area contributed by atoms with Crippen molar-refractivity contribution >= 4 is 17.7 Å². The Bertz CT molecular complexity index is 419. The molecule has 0 aliphatic heterocycles. The molecule has 0 saturated heterocycles. The molecule has 20 heavy (non-hydrogen) atoms. The maximum Gasteiger partial charge on any atom is 0.230 e. The zero-order valence-corrected chi connectivity index (χ0v) is 12.5. The summed E-state index contributed by atoms with van der Waals surface area (Å²) in [5.41, 5.74) is 0.302. The SMILES string of the molecule is O=C(CSCc1ccccn1)NCC1(O)CCCCC1. The predicted octanol–water partition coefficient (Wildman–Crippen LogP) is 2.13. The predicted molar refractivity (Wildman–Crippen MR) is 81.4 cm³/mol. The second kappa shape index (κ2) is 7.64. The van der Waals surface area contributed by atoms with Crippen molar-refractivity contribution in [1.82, 2.24) is 10.3 Å². The van der Waals surface area contributed by atoms with E-state index in [0.29, 0.717) is 12.3 Å². The number of nitrogens with one attached hydrogen (secondary N) is 1. The number of hydrogen-bond acceptors (Lipinski definition) is 4. The molecule has 1 aromatic heterocycles. The minimum Gasteiger partial charge on any atom is -0.388 e. The number of rotatable bonds is 6. The molecule has 1 saturated carbocycles. The summed E-state index contributed by atoms with van der Waals surface area (Å²) in [7, 11) is 0. The first kappa shape index (κ1) is 15.3. The second-order valence-corrected chi connectivity index (χ2v) is 6.36. The summed E-state index contributed by atoms with van der Waals surface area (Å²) in [6.07, 6.45) is 6.66. The molecule has 5 heteroatoms. The van der Waals surface area contributed by atoms with Gasteiger partial charge in [-0.1, -0.05) is 25.3 Å². The van der Waals surface area contributed by atoms with E-state index in [1.54, 1.807) is 18.0 Å². The summed E-state index contributed by atoms with van der Waals surface area (Å²) < 4.78 is 0. The molecule has 2 rings (SSSR count). The summed E-state index contributed by atoms with van der Waals surface area (Å²) in [6.45, 7) is 0.385. The summed E-state index contributed by atoms with van der Waals surface area (Å²) in [6, 6.07) is 5.78. The Labute approximate surface area is 124 Å². The normalized spacial score (nSPS) is 17.6. The monoisotopic (exact) mass is 294 g/mol. The number of carbonyl (C=O) groups excluding carboxylic acids is 1. The number of amides is 1. The lowest BCUT2D eigenvalue weighted by Crippen LogP contribution is -2.44. The van der Waals surface area contributed by atoms with E-state index in [1.807, 2.05) is 18.2 Å². The number of aromatic nitrogens is 1. The zero-order chi connectivity index (χ0) is 14.3. The second-order valence-electron chi connectivity index (χ2n) is 5.38. The van der Waals surface area contributed by atoms with Crippen LogP contribution in [0.1, 0.15) is 37.8 Å². The summed E-state index contributed by atoms with van der Waals surface area (Å²) in [5, 5.41) is 13.1. The van der Waals surface area contributed by atoms with Gasteiger partial charge in [-0.3, -0.25) is 9.78 Å². The third-order valence-electron chi connectivity index (χ3n) is 3.61. The van der Waals surface area contributed by atoms with Gasteiger partial charge in [-0.25, -0.2) is 0 Å². The summed E-state index contributed by atoms with van der Waals surface area (Å²) in [4.78, 5) is 16.0. The van der Waals surface area contributed by atoms with Gasteiger partial charge in [0.2, 0.25) is 5.91 Å². The van der Waals surface area contributed by atoms with E-state index in [4.69, 9.17) is 0 Å². The molecule has 1 heterocycles. The van der Waals surface area contributed by atoms with Crippen molar-refractivity contribution in [2.75, 3.05) is 12.3 Å². The van der Waals surface area contributed by atoms with Crippen molar-refractivity contribution in [1.29, 1.82) is 0 Å². The van der Waals surface area contributed by atoms with Crippen LogP contribution in [0.15, 0.2) is 24.4 Å². The fourth-order valence-corrected chi connectivity index (χ4v) is 3.20. The Kier molecular flexibility index (Phi) is 5.86. The Hall–Kier alpha value is -1.07. The van der Waals surface area contributed by atoms with E-state index in [-0.39, 0.29) is 5.91 Å². The van der Waals surface area contributed by atoms with E-state index in [1.165, 1.54) is 6.42 Å². The molecular weight excluding hydrogens is 272 g/mol. The molecule has 0 aromatic carbocycles. The fraction of sp³-hybridized carbons (Fsp3) is 0.600. The van der Waals surface area contributed by atoms with Gasteiger partial charge < -0.3 is 10.4 Å². The molecule has 0 bridgehead atoms. The Balaban J connectivity index is 1.63. The Morgan fingerprint density at radius 2 is 2.15 bits per heavy atom. The summed E-state index contributed by atoms with van der Waals surface area (Å²) in [5.74, 6) is 1.13. The largest absolute Gasteiger partial charge is 0.388 e. The number of pyridine rings is 1. The zero-order valence-electron chi connectivity index (χ0n) is 11.7. The number of nitrogens with zero attached hydrogens (tertiary/aromatic N) is 1. The van der Waals surface area contributed by atoms with Crippen LogP contribution < -0.4 is 5.32 Å². The van der Waals surface area contributed by atoms with Gasteiger partial charge in [0, 0.05) is 18.5 Å². The number of carbonyl (C=O) groups is 1. The van der Waals surface area contributed by atoms with Gasteiger partial charge in [0.05, 0.1) is 17.0 Å². The van der Waals surface area contributed by atoms with E-state index in [9.17, 15) is 9.90 Å². The smallest absolute Gasteiger partial charge is 0.230 e. The minimum absolute atomic E-state index is 0.00932. The van der Waals surface area contributed by atoms with Crippen LogP contribution in [-0.2, 0) is 10.5 Å². The molecule has 1 aliphatic rings. The molecule has 2 N–H and O–H groups in total. The lowest BCUT2D eigenvalue weighted by molar-refractivity contribution is -0.120. The first-order valence-electron chi connectivity index (χ1n) is 7.15. The summed E-state index contributed by atoms with van der Waals surface area (Å²) >= 11 is 1.54. The highest BCUT2D eigenvalue weighted by Gasteiger charge is 2.29. The maximum absolute atomic E-state index is 11.8. The molecule has 1 aliphatic carbocycles. The van der Waals surface area contributed by atoms with Crippen LogP contribution in [0.25, 0.3) is 0 Å². The first-order valence-corrected chi connectivity index (χ1v) is 8.30. The van der Waals surface area contributed by atoms with E-state index >= 15 is 0 Å². The van der Waals surface area contributed by atoms with Crippen molar-refractivity contribution in [3.8, 4) is 0 Å². The van der Waals surface area contributed by atoms with E-state index in [2.05, 4.69) is 10.3 Å². The molecule has 0 atom stereocenters. The van der Waals surface area contributed by atoms with Crippen LogP contribution >= 0.6 is 11.8 Å². The third-order valence-corrected chi connectivity index (χ3v) is 4.57. The highest BCUT2D eigenvalue weighted by atomic mass is 32.2. The minimum atomic E-state index is -0.681. The van der Waals surface area contributed by atoms with Gasteiger partial charge in [0.1, 0.15) is 0 Å². The topological polar surface area (TPSA) is 62.2 Å². The van der Waals surface area contributed by atoms with Gasteiger partial charge in [-0.15, -0.1) is 11.8 Å². The van der Waals surface area contributed by atoms with E-state index in [0.717, 1.165) is 37.1 Å². The molecule has 110 valence electrons. The van der Waals surface area contributed by atoms with E-state index < -0.39 is 5.60 Å². The average Bonchev–Trinajstić information content (AvgIpc) is 2.47. The molecule has 4 nitrogen and oxygen atoms in total. The van der Waals surface area contributed by atoms with Gasteiger partial charge in [-0.05, 0) is 25.0 Å². The molecule has 0 radical (unpaired) electrons. The molecule has 1 amide bonds. The molecular formula is C15H22N2O2S. The number of hydrogen-bond donors (Lipinski definition) is 2. The maximum atomic E-state index is 11.8. The Morgan fingerprint density at radius 1 is 1.35 bits per heavy atom. The van der Waals surface area contributed by atoms with Crippen LogP contribution in [0.3, 0.4) is 0 Å². The third kappa shape index (κ3) is 5.13. The van der Waals surface area contributed by atoms with Crippen LogP contribution in [0.5, 0.6) is 0 Å². The van der Waals surface area contributed by atoms with Crippen LogP contribution in [0.4, 0.5) is 0 Å². The quantitative estimate of drug-likeness (QED) is 0.843. The highest BCUT2D eigenvalue weighted by Crippen LogP contribution is 2.27. The lowest BCUT2D eigenvalue weighted by Gasteiger charge is -2.32. The molecule has 1 fully saturated rings. The molecule has 1 aromatic rings. The molecule has 0 unspecified atom stereocenters. The van der Waals surface area contributed by atoms with Crippen molar-refractivity contribution in [2.45, 2.75) is 43.5 Å². The Morgan fingerprint density at radius 3 is 2.85 bits per heavy atom.